The second-order valence-electron chi connectivity index (χ2n) is 4.29. The maximum Gasteiger partial charge on any atom is 0.355 e. The third-order valence-corrected chi connectivity index (χ3v) is 3.05. The molecule has 0 amide bonds. The fourth-order valence-corrected chi connectivity index (χ4v) is 2.02. The molecule has 0 radical (unpaired) electrons. The fraction of sp³-hybridized carbons (Fsp3) is 0.533. The van der Waals surface area contributed by atoms with E-state index in [2.05, 4.69) is 25.4 Å². The van der Waals surface area contributed by atoms with E-state index in [-0.39, 0.29) is 5.97 Å². The first-order chi connectivity index (χ1) is 8.74. The van der Waals surface area contributed by atoms with Crippen LogP contribution in [-0.2, 0) is 17.6 Å². The van der Waals surface area contributed by atoms with Gasteiger partial charge in [-0.1, -0.05) is 19.9 Å². The Morgan fingerprint density at radius 1 is 1.39 bits per heavy atom. The summed E-state index contributed by atoms with van der Waals surface area (Å²) >= 11 is 0. The van der Waals surface area contributed by atoms with Gasteiger partial charge in [-0.2, -0.15) is 0 Å². The van der Waals surface area contributed by atoms with Crippen molar-refractivity contribution in [2.24, 2.45) is 0 Å². The van der Waals surface area contributed by atoms with Crippen molar-refractivity contribution in [2.75, 3.05) is 6.61 Å². The van der Waals surface area contributed by atoms with Gasteiger partial charge in [0, 0.05) is 6.20 Å². The van der Waals surface area contributed by atoms with E-state index in [1.807, 2.05) is 12.3 Å². The van der Waals surface area contributed by atoms with Crippen LogP contribution in [0.1, 0.15) is 54.7 Å². The standard InChI is InChI=1S/C15H23NO2/c1-4-7-8-9-10-18-15(17)14-13(6-3)12(5-2)11-16-14/h4,11,16H,1,5-10H2,2-3H3. The van der Waals surface area contributed by atoms with Gasteiger partial charge < -0.3 is 9.72 Å². The van der Waals surface area contributed by atoms with Crippen molar-refractivity contribution in [2.45, 2.75) is 46.0 Å². The van der Waals surface area contributed by atoms with Crippen LogP contribution in [0.2, 0.25) is 0 Å². The Kier molecular flexibility index (Phi) is 6.26. The zero-order valence-corrected chi connectivity index (χ0v) is 11.4. The summed E-state index contributed by atoms with van der Waals surface area (Å²) in [5, 5.41) is 0. The molecule has 100 valence electrons. The Morgan fingerprint density at radius 2 is 2.17 bits per heavy atom. The number of unbranched alkanes of at least 4 members (excludes halogenated alkanes) is 2. The van der Waals surface area contributed by atoms with Gasteiger partial charge in [0.1, 0.15) is 5.69 Å². The molecule has 0 aliphatic heterocycles. The lowest BCUT2D eigenvalue weighted by Gasteiger charge is -2.05. The molecule has 1 aromatic rings. The van der Waals surface area contributed by atoms with E-state index in [1.54, 1.807) is 0 Å². The van der Waals surface area contributed by atoms with Gasteiger partial charge in [-0.05, 0) is 43.2 Å². The van der Waals surface area contributed by atoms with E-state index in [9.17, 15) is 4.79 Å². The average Bonchev–Trinajstić information content (AvgIpc) is 2.81. The highest BCUT2D eigenvalue weighted by atomic mass is 16.5. The zero-order chi connectivity index (χ0) is 13.4. The topological polar surface area (TPSA) is 42.1 Å². The van der Waals surface area contributed by atoms with Gasteiger partial charge in [-0.25, -0.2) is 4.79 Å². The number of aryl methyl sites for hydroxylation is 1. The first-order valence-electron chi connectivity index (χ1n) is 6.71. The average molecular weight is 249 g/mol. The van der Waals surface area contributed by atoms with Crippen molar-refractivity contribution in [3.05, 3.63) is 35.7 Å². The van der Waals surface area contributed by atoms with E-state index in [4.69, 9.17) is 4.74 Å². The lowest BCUT2D eigenvalue weighted by Crippen LogP contribution is -2.09. The van der Waals surface area contributed by atoms with Crippen LogP contribution >= 0.6 is 0 Å². The van der Waals surface area contributed by atoms with Crippen LogP contribution in [0.25, 0.3) is 0 Å². The van der Waals surface area contributed by atoms with Gasteiger partial charge in [-0.15, -0.1) is 6.58 Å². The van der Waals surface area contributed by atoms with Crippen molar-refractivity contribution < 1.29 is 9.53 Å². The molecule has 1 aromatic heterocycles. The smallest absolute Gasteiger partial charge is 0.355 e. The molecule has 0 spiro atoms. The van der Waals surface area contributed by atoms with Crippen LogP contribution in [0.3, 0.4) is 0 Å². The quantitative estimate of drug-likeness (QED) is 0.434. The summed E-state index contributed by atoms with van der Waals surface area (Å²) in [6, 6.07) is 0. The van der Waals surface area contributed by atoms with Gasteiger partial charge in [0.2, 0.25) is 0 Å². The summed E-state index contributed by atoms with van der Waals surface area (Å²) < 4.78 is 5.27. The summed E-state index contributed by atoms with van der Waals surface area (Å²) in [7, 11) is 0. The largest absolute Gasteiger partial charge is 0.461 e. The second-order valence-corrected chi connectivity index (χ2v) is 4.29. The molecule has 0 aromatic carbocycles. The number of hydrogen-bond donors (Lipinski definition) is 1. The first kappa shape index (κ1) is 14.6. The second kappa shape index (κ2) is 7.75. The molecule has 0 bridgehead atoms. The number of aromatic amines is 1. The molecule has 0 atom stereocenters. The number of carbonyl (C=O) groups is 1. The molecule has 1 heterocycles. The number of rotatable bonds is 8. The maximum absolute atomic E-state index is 11.9. The van der Waals surface area contributed by atoms with Crippen LogP contribution in [0.4, 0.5) is 0 Å². The molecular weight excluding hydrogens is 226 g/mol. The minimum Gasteiger partial charge on any atom is -0.461 e. The van der Waals surface area contributed by atoms with Crippen molar-refractivity contribution in [3.63, 3.8) is 0 Å². The molecule has 3 heteroatoms. The highest BCUT2D eigenvalue weighted by molar-refractivity contribution is 5.89. The normalized spacial score (nSPS) is 10.3. The van der Waals surface area contributed by atoms with E-state index in [0.717, 1.165) is 37.7 Å². The van der Waals surface area contributed by atoms with Crippen molar-refractivity contribution >= 4 is 5.97 Å². The van der Waals surface area contributed by atoms with Gasteiger partial charge in [0.05, 0.1) is 6.61 Å². The van der Waals surface area contributed by atoms with Crippen LogP contribution < -0.4 is 0 Å². The fourth-order valence-electron chi connectivity index (χ4n) is 2.02. The summed E-state index contributed by atoms with van der Waals surface area (Å²) in [5.74, 6) is -0.231. The van der Waals surface area contributed by atoms with Gasteiger partial charge in [-0.3, -0.25) is 0 Å². The van der Waals surface area contributed by atoms with Crippen LogP contribution in [0.15, 0.2) is 18.9 Å². The molecule has 0 aliphatic rings. The minimum absolute atomic E-state index is 0.231. The summed E-state index contributed by atoms with van der Waals surface area (Å²) in [5.41, 5.74) is 2.92. The molecular formula is C15H23NO2. The van der Waals surface area contributed by atoms with E-state index in [0.29, 0.717) is 12.3 Å². The molecule has 3 nitrogen and oxygen atoms in total. The highest BCUT2D eigenvalue weighted by Gasteiger charge is 2.16. The number of allylic oxidation sites excluding steroid dienone is 1. The Balaban J connectivity index is 2.51. The van der Waals surface area contributed by atoms with Gasteiger partial charge in [0.15, 0.2) is 0 Å². The highest BCUT2D eigenvalue weighted by Crippen LogP contribution is 2.16. The Hall–Kier alpha value is -1.51. The predicted octanol–water partition coefficient (Wildman–Crippen LogP) is 3.65. The zero-order valence-electron chi connectivity index (χ0n) is 11.4. The summed E-state index contributed by atoms with van der Waals surface area (Å²) in [4.78, 5) is 15.0. The minimum atomic E-state index is -0.231. The number of carbonyl (C=O) groups excluding carboxylic acids is 1. The molecule has 0 aliphatic carbocycles. The van der Waals surface area contributed by atoms with E-state index >= 15 is 0 Å². The number of nitrogens with one attached hydrogen (secondary N) is 1. The Labute approximate surface area is 109 Å². The van der Waals surface area contributed by atoms with Crippen LogP contribution in [-0.4, -0.2) is 17.6 Å². The third kappa shape index (κ3) is 3.76. The third-order valence-electron chi connectivity index (χ3n) is 3.05. The van der Waals surface area contributed by atoms with Crippen LogP contribution in [0, 0.1) is 0 Å². The number of esters is 1. The molecule has 18 heavy (non-hydrogen) atoms. The first-order valence-corrected chi connectivity index (χ1v) is 6.71. The lowest BCUT2D eigenvalue weighted by molar-refractivity contribution is 0.0491. The number of ether oxygens (including phenoxy) is 1. The van der Waals surface area contributed by atoms with Crippen LogP contribution in [0.5, 0.6) is 0 Å². The predicted molar refractivity (Wildman–Crippen MR) is 73.9 cm³/mol. The number of H-pyrrole nitrogens is 1. The van der Waals surface area contributed by atoms with E-state index < -0.39 is 0 Å². The molecule has 1 rings (SSSR count). The number of hydrogen-bond acceptors (Lipinski definition) is 2. The molecule has 1 N–H and O–H groups in total. The summed E-state index contributed by atoms with van der Waals surface area (Å²) in [6.45, 7) is 8.29. The van der Waals surface area contributed by atoms with Gasteiger partial charge in [0.25, 0.3) is 0 Å². The maximum atomic E-state index is 11.9. The Morgan fingerprint density at radius 3 is 2.78 bits per heavy atom. The monoisotopic (exact) mass is 249 g/mol. The van der Waals surface area contributed by atoms with E-state index in [1.165, 1.54) is 5.56 Å². The van der Waals surface area contributed by atoms with Crippen molar-refractivity contribution in [1.29, 1.82) is 0 Å². The Bertz CT molecular complexity index is 393. The molecule has 0 fully saturated rings. The van der Waals surface area contributed by atoms with Crippen molar-refractivity contribution in [1.82, 2.24) is 4.98 Å². The summed E-state index contributed by atoms with van der Waals surface area (Å²) in [6.07, 6.45) is 8.46. The molecule has 0 saturated heterocycles. The molecule has 0 unspecified atom stereocenters. The van der Waals surface area contributed by atoms with Crippen molar-refractivity contribution in [3.8, 4) is 0 Å². The number of aromatic nitrogens is 1. The molecule has 0 saturated carbocycles. The SMILES string of the molecule is C=CCCCCOC(=O)c1[nH]cc(CC)c1CC. The van der Waals surface area contributed by atoms with Gasteiger partial charge >= 0.3 is 5.97 Å². The lowest BCUT2D eigenvalue weighted by atomic mass is 10.1.